The summed E-state index contributed by atoms with van der Waals surface area (Å²) in [7, 11) is 0.836. The first kappa shape index (κ1) is 56.0. The van der Waals surface area contributed by atoms with Gasteiger partial charge in [0.05, 0.1) is 13.5 Å². The highest BCUT2D eigenvalue weighted by Gasteiger charge is 2.39. The molecule has 6 amide bonds. The van der Waals surface area contributed by atoms with Crippen LogP contribution in [0.1, 0.15) is 101 Å². The normalized spacial score (nSPS) is 15.2. The molecule has 0 bridgehead atoms. The second kappa shape index (κ2) is 28.1. The van der Waals surface area contributed by atoms with Gasteiger partial charge in [-0.25, -0.2) is 13.6 Å². The zero-order valence-corrected chi connectivity index (χ0v) is 38.0. The van der Waals surface area contributed by atoms with E-state index in [9.17, 15) is 76.8 Å². The summed E-state index contributed by atoms with van der Waals surface area (Å²) >= 11 is 0. The van der Waals surface area contributed by atoms with Gasteiger partial charge in [0.1, 0.15) is 36.3 Å². The van der Waals surface area contributed by atoms with E-state index in [-0.39, 0.29) is 12.3 Å². The molecular formula is C46H58F2N6O15. The third kappa shape index (κ3) is 19.1. The number of hydrogen-bond donors (Lipinski definition) is 9. The van der Waals surface area contributed by atoms with Crippen LogP contribution in [0.25, 0.3) is 0 Å². The molecule has 1 fully saturated rings. The van der Waals surface area contributed by atoms with Crippen molar-refractivity contribution >= 4 is 65.1 Å². The molecule has 1 aliphatic rings. The maximum absolute atomic E-state index is 14.9. The first-order valence-corrected chi connectivity index (χ1v) is 22.1. The lowest BCUT2D eigenvalue weighted by molar-refractivity contribution is -0.153. The average Bonchev–Trinajstić information content (AvgIpc) is 3.30. The van der Waals surface area contributed by atoms with Gasteiger partial charge in [-0.2, -0.15) is 0 Å². The van der Waals surface area contributed by atoms with Gasteiger partial charge < -0.3 is 52.0 Å². The van der Waals surface area contributed by atoms with Gasteiger partial charge in [0.15, 0.2) is 0 Å². The summed E-state index contributed by atoms with van der Waals surface area (Å²) in [5.74, 6) is -15.2. The Balaban J connectivity index is 2.13. The first-order valence-electron chi connectivity index (χ1n) is 22.1. The van der Waals surface area contributed by atoms with Crippen molar-refractivity contribution in [2.45, 2.75) is 133 Å². The molecule has 3 rings (SSSR count). The standard InChI is InChI=1S/C46H58F2N6O15/c1-25(55)49-33(24-37(60)61)44(66)50-30(19-21-36(58)59)42(64)54-39(38(27-14-8-4-9-15-27)28-16-10-5-11-17-28)45(67)51-29(18-20-35(56)57)41(63)53-32(22-26-12-6-3-7-13-26)43(65)52-31(23-34(47)48)40(62)46(68)69-2/h4-5,8-11,14-17,26,29-34,38-39H,3,6-7,12-13,18-24H2,1-2H3,(H,49,55)(H,50,66)(H,51,67)(H,52,65)(H,53,63)(H,54,64)(H,56,57)(H,58,59)(H,60,61). The molecule has 6 atom stereocenters. The van der Waals surface area contributed by atoms with E-state index in [1.54, 1.807) is 60.7 Å². The molecule has 2 aromatic carbocycles. The van der Waals surface area contributed by atoms with Crippen LogP contribution in [0.3, 0.4) is 0 Å². The number of benzene rings is 2. The SMILES string of the molecule is COC(=O)C(=O)C(CC(F)F)NC(=O)C(CC1CCCCC1)NC(=O)C(CCC(=O)O)NC(=O)C(NC(=O)C(CCC(=O)O)NC(=O)C(CC(=O)O)NC(C)=O)C(c1ccccc1)c1ccccc1. The van der Waals surface area contributed by atoms with Gasteiger partial charge in [-0.05, 0) is 36.3 Å². The van der Waals surface area contributed by atoms with Crippen LogP contribution in [-0.4, -0.2) is 130 Å². The zero-order valence-electron chi connectivity index (χ0n) is 38.0. The molecule has 0 aliphatic heterocycles. The van der Waals surface area contributed by atoms with Crippen LogP contribution in [0.5, 0.6) is 0 Å². The monoisotopic (exact) mass is 972 g/mol. The van der Waals surface area contributed by atoms with Crippen molar-refractivity contribution in [3.05, 3.63) is 71.8 Å². The summed E-state index contributed by atoms with van der Waals surface area (Å²) in [6, 6.07) is 5.49. The highest BCUT2D eigenvalue weighted by Crippen LogP contribution is 2.30. The summed E-state index contributed by atoms with van der Waals surface area (Å²) in [6.07, 6.45) is -4.57. The number of carbonyl (C=O) groups excluding carboxylic acids is 8. The fraction of sp³-hybridized carbons (Fsp3) is 0.500. The number of Topliss-reactive ketones (excluding diaryl/α,β-unsaturated/α-hetero) is 1. The van der Waals surface area contributed by atoms with E-state index < -0.39 is 152 Å². The molecule has 6 unspecified atom stereocenters. The highest BCUT2D eigenvalue weighted by atomic mass is 19.3. The molecular weight excluding hydrogens is 915 g/mol. The predicted molar refractivity (Wildman–Crippen MR) is 237 cm³/mol. The fourth-order valence-electron chi connectivity index (χ4n) is 7.87. The number of carboxylic acid groups (broad SMARTS) is 3. The minimum absolute atomic E-state index is 0.0908. The van der Waals surface area contributed by atoms with E-state index in [1.807, 2.05) is 0 Å². The maximum Gasteiger partial charge on any atom is 0.376 e. The minimum Gasteiger partial charge on any atom is -0.481 e. The summed E-state index contributed by atoms with van der Waals surface area (Å²) in [4.78, 5) is 143. The molecule has 69 heavy (non-hydrogen) atoms. The van der Waals surface area contributed by atoms with Crippen molar-refractivity contribution < 1.29 is 81.6 Å². The fourth-order valence-corrected chi connectivity index (χ4v) is 7.87. The Hall–Kier alpha value is -7.33. The number of methoxy groups -OCH3 is 1. The lowest BCUT2D eigenvalue weighted by Crippen LogP contribution is -2.61. The number of amides is 6. The number of aliphatic carboxylic acids is 3. The number of ether oxygens (including phenoxy) is 1. The van der Waals surface area contributed by atoms with Gasteiger partial charge >= 0.3 is 23.9 Å². The van der Waals surface area contributed by atoms with Crippen molar-refractivity contribution in [3.8, 4) is 0 Å². The number of halogens is 2. The van der Waals surface area contributed by atoms with Gasteiger partial charge in [0.2, 0.25) is 41.9 Å². The van der Waals surface area contributed by atoms with Gasteiger partial charge in [-0.1, -0.05) is 92.8 Å². The Bertz CT molecular complexity index is 2090. The van der Waals surface area contributed by atoms with E-state index >= 15 is 0 Å². The Morgan fingerprint density at radius 1 is 0.580 bits per heavy atom. The number of rotatable bonds is 28. The van der Waals surface area contributed by atoms with Crippen LogP contribution >= 0.6 is 0 Å². The van der Waals surface area contributed by atoms with Crippen molar-refractivity contribution in [2.75, 3.05) is 7.11 Å². The molecule has 2 aromatic rings. The molecule has 0 heterocycles. The summed E-state index contributed by atoms with van der Waals surface area (Å²) in [6.45, 7) is 1.00. The Labute approximate surface area is 395 Å². The van der Waals surface area contributed by atoms with Crippen LogP contribution in [0.2, 0.25) is 0 Å². The molecule has 376 valence electrons. The first-order chi connectivity index (χ1) is 32.7. The van der Waals surface area contributed by atoms with E-state index in [1.165, 1.54) is 0 Å². The lowest BCUT2D eigenvalue weighted by atomic mass is 9.84. The summed E-state index contributed by atoms with van der Waals surface area (Å²) < 4.78 is 31.6. The molecule has 0 spiro atoms. The molecule has 0 saturated heterocycles. The van der Waals surface area contributed by atoms with Gasteiger partial charge in [-0.15, -0.1) is 0 Å². The third-order valence-corrected chi connectivity index (χ3v) is 11.2. The van der Waals surface area contributed by atoms with Crippen molar-refractivity contribution in [3.63, 3.8) is 0 Å². The van der Waals surface area contributed by atoms with E-state index in [4.69, 9.17) is 0 Å². The second-order valence-electron chi connectivity index (χ2n) is 16.5. The van der Waals surface area contributed by atoms with Crippen LogP contribution in [0.4, 0.5) is 8.78 Å². The topological polar surface area (TPSA) is 330 Å². The Morgan fingerprint density at radius 3 is 1.49 bits per heavy atom. The predicted octanol–water partition coefficient (Wildman–Crippen LogP) is 1.32. The molecule has 0 radical (unpaired) electrons. The Kier molecular flexibility index (Phi) is 22.8. The zero-order chi connectivity index (χ0) is 51.2. The van der Waals surface area contributed by atoms with E-state index in [0.29, 0.717) is 24.0 Å². The minimum atomic E-state index is -3.17. The summed E-state index contributed by atoms with van der Waals surface area (Å²) in [5.41, 5.74) is 0.802. The highest BCUT2D eigenvalue weighted by molar-refractivity contribution is 6.36. The number of alkyl halides is 2. The molecule has 23 heteroatoms. The van der Waals surface area contributed by atoms with Crippen LogP contribution < -0.4 is 31.9 Å². The molecule has 21 nitrogen and oxygen atoms in total. The van der Waals surface area contributed by atoms with Gasteiger partial charge in [-0.3, -0.25) is 47.9 Å². The summed E-state index contributed by atoms with van der Waals surface area (Å²) in [5, 5.41) is 42.6. The quantitative estimate of drug-likeness (QED) is 0.0429. The number of esters is 1. The van der Waals surface area contributed by atoms with Crippen LogP contribution in [-0.2, 0) is 57.5 Å². The van der Waals surface area contributed by atoms with Crippen molar-refractivity contribution in [2.24, 2.45) is 5.92 Å². The molecule has 1 aliphatic carbocycles. The largest absolute Gasteiger partial charge is 0.481 e. The van der Waals surface area contributed by atoms with Crippen LogP contribution in [0.15, 0.2) is 60.7 Å². The van der Waals surface area contributed by atoms with E-state index in [0.717, 1.165) is 33.3 Å². The number of hydrogen-bond acceptors (Lipinski definition) is 12. The number of ketones is 1. The smallest absolute Gasteiger partial charge is 0.376 e. The maximum atomic E-state index is 14.9. The van der Waals surface area contributed by atoms with Crippen molar-refractivity contribution in [1.82, 2.24) is 31.9 Å². The molecule has 9 N–H and O–H groups in total. The lowest BCUT2D eigenvalue weighted by Gasteiger charge is -2.32. The number of carbonyl (C=O) groups is 11. The van der Waals surface area contributed by atoms with Crippen molar-refractivity contribution in [1.29, 1.82) is 0 Å². The second-order valence-corrected chi connectivity index (χ2v) is 16.5. The molecule has 1 saturated carbocycles. The van der Waals surface area contributed by atoms with Crippen LogP contribution in [0, 0.1) is 5.92 Å². The third-order valence-electron chi connectivity index (χ3n) is 11.2. The number of nitrogens with one attached hydrogen (secondary N) is 6. The molecule has 0 aromatic heterocycles. The average molecular weight is 973 g/mol. The van der Waals surface area contributed by atoms with E-state index in [2.05, 4.69) is 36.6 Å². The van der Waals surface area contributed by atoms with Gasteiger partial charge in [0.25, 0.3) is 5.78 Å². The number of carboxylic acids is 3. The Morgan fingerprint density at radius 2 is 1.03 bits per heavy atom. The van der Waals surface area contributed by atoms with Gasteiger partial charge in [0, 0.05) is 32.1 Å².